The molecule has 0 unspecified atom stereocenters. The van der Waals surface area contributed by atoms with Gasteiger partial charge < -0.3 is 4.74 Å². The Labute approximate surface area is 106 Å². The van der Waals surface area contributed by atoms with Gasteiger partial charge in [-0.2, -0.15) is 0 Å². The molecule has 1 aliphatic carbocycles. The number of carbonyl (C=O) groups is 2. The highest BCUT2D eigenvalue weighted by atomic mass is 16.5. The van der Waals surface area contributed by atoms with Crippen LogP contribution in [0, 0.1) is 5.92 Å². The molecule has 0 heterocycles. The summed E-state index contributed by atoms with van der Waals surface area (Å²) in [6.07, 6.45) is 0. The molecule has 0 N–H and O–H groups in total. The highest BCUT2D eigenvalue weighted by molar-refractivity contribution is 6.12. The Morgan fingerprint density at radius 1 is 1.17 bits per heavy atom. The summed E-state index contributed by atoms with van der Waals surface area (Å²) in [4.78, 5) is 24.0. The molecule has 0 bridgehead atoms. The van der Waals surface area contributed by atoms with Crippen molar-refractivity contribution >= 4 is 11.8 Å². The fourth-order valence-electron chi connectivity index (χ4n) is 2.54. The average Bonchev–Trinajstić information content (AvgIpc) is 2.63. The fraction of sp³-hybridized carbons (Fsp3) is 0.333. The van der Waals surface area contributed by atoms with E-state index in [9.17, 15) is 9.59 Å². The molecule has 0 aliphatic heterocycles. The number of rotatable bonds is 2. The number of Topliss-reactive ketones (excluding diaryl/α,β-unsaturated/α-hetero) is 1. The van der Waals surface area contributed by atoms with Crippen LogP contribution in [0.4, 0.5) is 0 Å². The van der Waals surface area contributed by atoms with E-state index >= 15 is 0 Å². The summed E-state index contributed by atoms with van der Waals surface area (Å²) < 4.78 is 4.77. The SMILES string of the molecule is COC(=O)[C@H]1C(=O)C(C)=C(C)[C@@H]1c1ccccc1. The van der Waals surface area contributed by atoms with Crippen LogP contribution in [-0.2, 0) is 14.3 Å². The number of benzene rings is 1. The second-order valence-electron chi connectivity index (χ2n) is 4.56. The third kappa shape index (κ3) is 1.86. The highest BCUT2D eigenvalue weighted by Gasteiger charge is 2.44. The average molecular weight is 244 g/mol. The van der Waals surface area contributed by atoms with E-state index in [1.807, 2.05) is 37.3 Å². The molecule has 94 valence electrons. The van der Waals surface area contributed by atoms with E-state index in [1.54, 1.807) is 6.92 Å². The van der Waals surface area contributed by atoms with Gasteiger partial charge in [-0.15, -0.1) is 0 Å². The molecule has 0 aromatic heterocycles. The molecule has 0 spiro atoms. The minimum atomic E-state index is -0.725. The van der Waals surface area contributed by atoms with E-state index in [1.165, 1.54) is 7.11 Å². The maximum absolute atomic E-state index is 12.1. The van der Waals surface area contributed by atoms with Crippen LogP contribution in [0.5, 0.6) is 0 Å². The lowest BCUT2D eigenvalue weighted by Gasteiger charge is -2.18. The maximum atomic E-state index is 12.1. The number of ether oxygens (including phenoxy) is 1. The molecule has 3 heteroatoms. The van der Waals surface area contributed by atoms with E-state index in [-0.39, 0.29) is 11.7 Å². The first-order valence-corrected chi connectivity index (χ1v) is 5.92. The number of hydrogen-bond donors (Lipinski definition) is 0. The second kappa shape index (κ2) is 4.77. The van der Waals surface area contributed by atoms with Gasteiger partial charge in [-0.1, -0.05) is 35.9 Å². The molecule has 1 aromatic rings. The Bertz CT molecular complexity index is 514. The number of hydrogen-bond acceptors (Lipinski definition) is 3. The van der Waals surface area contributed by atoms with Crippen molar-refractivity contribution in [2.45, 2.75) is 19.8 Å². The minimum absolute atomic E-state index is 0.117. The van der Waals surface area contributed by atoms with Crippen LogP contribution in [0.3, 0.4) is 0 Å². The summed E-state index contributed by atoms with van der Waals surface area (Å²) in [6, 6.07) is 9.62. The summed E-state index contributed by atoms with van der Waals surface area (Å²) >= 11 is 0. The maximum Gasteiger partial charge on any atom is 0.317 e. The van der Waals surface area contributed by atoms with Crippen molar-refractivity contribution in [2.75, 3.05) is 7.11 Å². The molecule has 0 saturated carbocycles. The zero-order valence-electron chi connectivity index (χ0n) is 10.8. The standard InChI is InChI=1S/C15H16O3/c1-9-10(2)14(16)13(15(17)18-3)12(9)11-7-5-4-6-8-11/h4-8,12-13H,1-3H3/t12-,13-/m1/s1. The van der Waals surface area contributed by atoms with Crippen molar-refractivity contribution in [3.8, 4) is 0 Å². The van der Waals surface area contributed by atoms with Gasteiger partial charge in [0.05, 0.1) is 7.11 Å². The summed E-state index contributed by atoms with van der Waals surface area (Å²) in [7, 11) is 1.32. The molecule has 2 rings (SSSR count). The van der Waals surface area contributed by atoms with Gasteiger partial charge in [0.2, 0.25) is 0 Å². The smallest absolute Gasteiger partial charge is 0.317 e. The van der Waals surface area contributed by atoms with Crippen LogP contribution < -0.4 is 0 Å². The van der Waals surface area contributed by atoms with E-state index in [0.29, 0.717) is 5.57 Å². The molecule has 1 aliphatic rings. The molecule has 2 atom stereocenters. The first-order chi connectivity index (χ1) is 8.57. The van der Waals surface area contributed by atoms with Gasteiger partial charge in [-0.05, 0) is 25.0 Å². The third-order valence-electron chi connectivity index (χ3n) is 3.66. The monoisotopic (exact) mass is 244 g/mol. The number of methoxy groups -OCH3 is 1. The molecular weight excluding hydrogens is 228 g/mol. The van der Waals surface area contributed by atoms with E-state index in [0.717, 1.165) is 11.1 Å². The second-order valence-corrected chi connectivity index (χ2v) is 4.56. The predicted molar refractivity (Wildman–Crippen MR) is 68.1 cm³/mol. The van der Waals surface area contributed by atoms with Gasteiger partial charge in [0, 0.05) is 5.92 Å². The largest absolute Gasteiger partial charge is 0.468 e. The van der Waals surface area contributed by atoms with Crippen molar-refractivity contribution < 1.29 is 14.3 Å². The Morgan fingerprint density at radius 3 is 2.33 bits per heavy atom. The van der Waals surface area contributed by atoms with Crippen molar-refractivity contribution in [3.63, 3.8) is 0 Å². The summed E-state index contributed by atoms with van der Waals surface area (Å²) in [5, 5.41) is 0. The predicted octanol–water partition coefficient (Wildman–Crippen LogP) is 2.48. The Kier molecular flexibility index (Phi) is 3.32. The zero-order chi connectivity index (χ0) is 13.3. The normalized spacial score (nSPS) is 23.4. The Morgan fingerprint density at radius 2 is 1.78 bits per heavy atom. The first-order valence-electron chi connectivity index (χ1n) is 5.92. The molecule has 0 fully saturated rings. The van der Waals surface area contributed by atoms with Gasteiger partial charge in [-0.3, -0.25) is 9.59 Å². The van der Waals surface area contributed by atoms with E-state index in [4.69, 9.17) is 4.74 Å². The molecular formula is C15H16O3. The van der Waals surface area contributed by atoms with Crippen LogP contribution in [0.25, 0.3) is 0 Å². The lowest BCUT2D eigenvalue weighted by Crippen LogP contribution is -2.27. The van der Waals surface area contributed by atoms with Gasteiger partial charge in [0.15, 0.2) is 5.78 Å². The van der Waals surface area contributed by atoms with Gasteiger partial charge in [-0.25, -0.2) is 0 Å². The van der Waals surface area contributed by atoms with Gasteiger partial charge in [0.25, 0.3) is 0 Å². The zero-order valence-corrected chi connectivity index (χ0v) is 10.8. The summed E-state index contributed by atoms with van der Waals surface area (Å²) in [5.74, 6) is -1.48. The molecule has 0 radical (unpaired) electrons. The fourth-order valence-corrected chi connectivity index (χ4v) is 2.54. The molecule has 0 amide bonds. The third-order valence-corrected chi connectivity index (χ3v) is 3.66. The van der Waals surface area contributed by atoms with E-state index < -0.39 is 11.9 Å². The van der Waals surface area contributed by atoms with Crippen molar-refractivity contribution in [3.05, 3.63) is 47.0 Å². The van der Waals surface area contributed by atoms with Crippen LogP contribution in [0.15, 0.2) is 41.5 Å². The molecule has 3 nitrogen and oxygen atoms in total. The van der Waals surface area contributed by atoms with Crippen molar-refractivity contribution in [1.29, 1.82) is 0 Å². The lowest BCUT2D eigenvalue weighted by molar-refractivity contribution is -0.148. The van der Waals surface area contributed by atoms with Crippen LogP contribution in [-0.4, -0.2) is 18.9 Å². The van der Waals surface area contributed by atoms with Crippen LogP contribution in [0.1, 0.15) is 25.3 Å². The first kappa shape index (κ1) is 12.6. The number of esters is 1. The summed E-state index contributed by atoms with van der Waals surface area (Å²) in [6.45, 7) is 3.68. The minimum Gasteiger partial charge on any atom is -0.468 e. The van der Waals surface area contributed by atoms with Crippen LogP contribution in [0.2, 0.25) is 0 Å². The number of carbonyl (C=O) groups excluding carboxylic acids is 2. The summed E-state index contributed by atoms with van der Waals surface area (Å²) in [5.41, 5.74) is 2.62. The quantitative estimate of drug-likeness (QED) is 0.593. The Balaban J connectivity index is 2.48. The number of ketones is 1. The molecule has 0 saturated heterocycles. The van der Waals surface area contributed by atoms with Crippen molar-refractivity contribution in [1.82, 2.24) is 0 Å². The van der Waals surface area contributed by atoms with Crippen molar-refractivity contribution in [2.24, 2.45) is 5.92 Å². The highest BCUT2D eigenvalue weighted by Crippen LogP contribution is 2.41. The van der Waals surface area contributed by atoms with Crippen LogP contribution >= 0.6 is 0 Å². The molecule has 1 aromatic carbocycles. The van der Waals surface area contributed by atoms with Gasteiger partial charge in [0.1, 0.15) is 5.92 Å². The van der Waals surface area contributed by atoms with Gasteiger partial charge >= 0.3 is 5.97 Å². The number of allylic oxidation sites excluding steroid dienone is 2. The Hall–Kier alpha value is -1.90. The topological polar surface area (TPSA) is 43.4 Å². The lowest BCUT2D eigenvalue weighted by atomic mass is 9.85. The van der Waals surface area contributed by atoms with E-state index in [2.05, 4.69) is 0 Å². The molecule has 18 heavy (non-hydrogen) atoms.